The number of nitrogens with one attached hydrogen (secondary N) is 1. The van der Waals surface area contributed by atoms with Crippen molar-refractivity contribution in [1.82, 2.24) is 10.5 Å². The van der Waals surface area contributed by atoms with Crippen molar-refractivity contribution in [3.63, 3.8) is 0 Å². The molecule has 0 aliphatic carbocycles. The van der Waals surface area contributed by atoms with Gasteiger partial charge in [-0.05, 0) is 30.7 Å². The summed E-state index contributed by atoms with van der Waals surface area (Å²) in [5.41, 5.74) is 1.04. The summed E-state index contributed by atoms with van der Waals surface area (Å²) in [6, 6.07) is 7.41. The molecule has 2 rings (SSSR count). The predicted octanol–water partition coefficient (Wildman–Crippen LogP) is 3.65. The third-order valence-corrected chi connectivity index (χ3v) is 2.99. The molecule has 0 aliphatic rings. The maximum absolute atomic E-state index is 6.05. The van der Waals surface area contributed by atoms with Crippen LogP contribution in [-0.2, 0) is 13.2 Å². The van der Waals surface area contributed by atoms with Crippen LogP contribution in [0.1, 0.15) is 25.2 Å². The van der Waals surface area contributed by atoms with Gasteiger partial charge in [-0.3, -0.25) is 0 Å². The summed E-state index contributed by atoms with van der Waals surface area (Å²) in [7, 11) is 0. The number of hydrogen-bond acceptors (Lipinski definition) is 4. The zero-order valence-corrected chi connectivity index (χ0v) is 12.5. The number of ether oxygens (including phenoxy) is 1. The molecule has 0 bridgehead atoms. The van der Waals surface area contributed by atoms with E-state index in [1.54, 1.807) is 12.3 Å². The highest BCUT2D eigenvalue weighted by molar-refractivity contribution is 6.30. The second-order valence-corrected chi connectivity index (χ2v) is 5.48. The summed E-state index contributed by atoms with van der Waals surface area (Å²) in [6.07, 6.45) is 1.60. The van der Waals surface area contributed by atoms with Gasteiger partial charge in [0.1, 0.15) is 12.4 Å². The molecule has 5 heteroatoms. The molecular weight excluding hydrogens is 276 g/mol. The Kier molecular flexibility index (Phi) is 5.44. The predicted molar refractivity (Wildman–Crippen MR) is 78.8 cm³/mol. The van der Waals surface area contributed by atoms with Crippen LogP contribution in [0.4, 0.5) is 0 Å². The van der Waals surface area contributed by atoms with E-state index < -0.39 is 0 Å². The number of hydrogen-bond donors (Lipinski definition) is 1. The van der Waals surface area contributed by atoms with Crippen molar-refractivity contribution in [2.75, 3.05) is 6.54 Å². The van der Waals surface area contributed by atoms with Gasteiger partial charge >= 0.3 is 0 Å². The van der Waals surface area contributed by atoms with Crippen LogP contribution >= 0.6 is 11.6 Å². The van der Waals surface area contributed by atoms with E-state index in [1.807, 2.05) is 18.2 Å². The van der Waals surface area contributed by atoms with Gasteiger partial charge in [0.25, 0.3) is 0 Å². The van der Waals surface area contributed by atoms with E-state index in [4.69, 9.17) is 20.9 Å². The highest BCUT2D eigenvalue weighted by Gasteiger charge is 2.07. The molecule has 0 saturated heterocycles. The molecule has 0 amide bonds. The van der Waals surface area contributed by atoms with E-state index in [0.29, 0.717) is 23.3 Å². The Morgan fingerprint density at radius 3 is 2.90 bits per heavy atom. The zero-order chi connectivity index (χ0) is 14.4. The lowest BCUT2D eigenvalue weighted by Crippen LogP contribution is -2.19. The molecule has 20 heavy (non-hydrogen) atoms. The molecule has 4 nitrogen and oxygen atoms in total. The van der Waals surface area contributed by atoms with Crippen molar-refractivity contribution in [3.05, 3.63) is 46.8 Å². The molecule has 1 aromatic carbocycles. The van der Waals surface area contributed by atoms with Gasteiger partial charge in [0.15, 0.2) is 5.76 Å². The standard InChI is InChI=1S/C15H19ClN2O2/c1-11(2)8-17-9-12-7-13(16)3-4-15(12)19-10-14-5-6-18-20-14/h3-7,11,17H,8-10H2,1-2H3. The number of nitrogens with zero attached hydrogens (tertiary/aromatic N) is 1. The molecule has 0 unspecified atom stereocenters. The Morgan fingerprint density at radius 2 is 2.20 bits per heavy atom. The van der Waals surface area contributed by atoms with Gasteiger partial charge < -0.3 is 14.6 Å². The number of benzene rings is 1. The van der Waals surface area contributed by atoms with Crippen LogP contribution < -0.4 is 10.1 Å². The normalized spacial score (nSPS) is 11.0. The van der Waals surface area contributed by atoms with E-state index in [-0.39, 0.29) is 0 Å². The summed E-state index contributed by atoms with van der Waals surface area (Å²) in [5.74, 6) is 2.11. The molecule has 1 heterocycles. The van der Waals surface area contributed by atoms with Crippen LogP contribution in [0.15, 0.2) is 35.0 Å². The van der Waals surface area contributed by atoms with E-state index in [0.717, 1.165) is 24.4 Å². The molecule has 1 N–H and O–H groups in total. The summed E-state index contributed by atoms with van der Waals surface area (Å²) < 4.78 is 10.8. The Hall–Kier alpha value is -1.52. The molecule has 0 aliphatic heterocycles. The minimum atomic E-state index is 0.360. The Labute approximate surface area is 124 Å². The first-order chi connectivity index (χ1) is 9.65. The van der Waals surface area contributed by atoms with Crippen molar-refractivity contribution in [2.45, 2.75) is 27.0 Å². The number of rotatable bonds is 7. The van der Waals surface area contributed by atoms with Crippen molar-refractivity contribution < 1.29 is 9.26 Å². The maximum atomic E-state index is 6.05. The second-order valence-electron chi connectivity index (χ2n) is 5.04. The third-order valence-electron chi connectivity index (χ3n) is 2.75. The average Bonchev–Trinajstić information content (AvgIpc) is 2.90. The Bertz CT molecular complexity index is 527. The first-order valence-electron chi connectivity index (χ1n) is 6.66. The monoisotopic (exact) mass is 294 g/mol. The van der Waals surface area contributed by atoms with Crippen LogP contribution in [0.25, 0.3) is 0 Å². The summed E-state index contributed by atoms with van der Waals surface area (Å²) >= 11 is 6.05. The van der Waals surface area contributed by atoms with Gasteiger partial charge in [0.2, 0.25) is 0 Å². The average molecular weight is 295 g/mol. The van der Waals surface area contributed by atoms with Crippen molar-refractivity contribution >= 4 is 11.6 Å². The van der Waals surface area contributed by atoms with E-state index in [2.05, 4.69) is 24.3 Å². The molecule has 0 saturated carbocycles. The smallest absolute Gasteiger partial charge is 0.174 e. The van der Waals surface area contributed by atoms with Gasteiger partial charge in [-0.1, -0.05) is 30.6 Å². The summed E-state index contributed by atoms with van der Waals surface area (Å²) in [6.45, 7) is 6.38. The second kappa shape index (κ2) is 7.31. The molecule has 1 aromatic heterocycles. The lowest BCUT2D eigenvalue weighted by molar-refractivity contribution is 0.247. The quantitative estimate of drug-likeness (QED) is 0.847. The van der Waals surface area contributed by atoms with Crippen LogP contribution in [0.2, 0.25) is 5.02 Å². The first kappa shape index (κ1) is 14.9. The van der Waals surface area contributed by atoms with Crippen molar-refractivity contribution in [3.8, 4) is 5.75 Å². The fourth-order valence-corrected chi connectivity index (χ4v) is 1.98. The zero-order valence-electron chi connectivity index (χ0n) is 11.7. The van der Waals surface area contributed by atoms with E-state index in [9.17, 15) is 0 Å². The van der Waals surface area contributed by atoms with Gasteiger partial charge in [0.05, 0.1) is 6.20 Å². The van der Waals surface area contributed by atoms with Crippen LogP contribution in [0.5, 0.6) is 5.75 Å². The fourth-order valence-electron chi connectivity index (χ4n) is 1.79. The molecular formula is C15H19ClN2O2. The van der Waals surface area contributed by atoms with Crippen LogP contribution in [0, 0.1) is 5.92 Å². The molecule has 0 spiro atoms. The third kappa shape index (κ3) is 4.54. The SMILES string of the molecule is CC(C)CNCc1cc(Cl)ccc1OCc1ccno1. The highest BCUT2D eigenvalue weighted by atomic mass is 35.5. The molecule has 0 atom stereocenters. The van der Waals surface area contributed by atoms with Crippen molar-refractivity contribution in [1.29, 1.82) is 0 Å². The molecule has 0 fully saturated rings. The Morgan fingerprint density at radius 1 is 1.35 bits per heavy atom. The first-order valence-corrected chi connectivity index (χ1v) is 7.04. The lowest BCUT2D eigenvalue weighted by Gasteiger charge is -2.13. The van der Waals surface area contributed by atoms with Gasteiger partial charge in [-0.15, -0.1) is 0 Å². The highest BCUT2D eigenvalue weighted by Crippen LogP contribution is 2.23. The lowest BCUT2D eigenvalue weighted by atomic mass is 10.2. The van der Waals surface area contributed by atoms with E-state index >= 15 is 0 Å². The molecule has 0 radical (unpaired) electrons. The van der Waals surface area contributed by atoms with Crippen LogP contribution in [-0.4, -0.2) is 11.7 Å². The summed E-state index contributed by atoms with van der Waals surface area (Å²) in [4.78, 5) is 0. The van der Waals surface area contributed by atoms with Gasteiger partial charge in [0, 0.05) is 23.2 Å². The maximum Gasteiger partial charge on any atom is 0.174 e. The number of halogens is 1. The largest absolute Gasteiger partial charge is 0.485 e. The van der Waals surface area contributed by atoms with Crippen molar-refractivity contribution in [2.24, 2.45) is 5.92 Å². The van der Waals surface area contributed by atoms with Gasteiger partial charge in [-0.2, -0.15) is 0 Å². The van der Waals surface area contributed by atoms with Crippen LogP contribution in [0.3, 0.4) is 0 Å². The Balaban J connectivity index is 1.99. The van der Waals surface area contributed by atoms with E-state index in [1.165, 1.54) is 0 Å². The molecule has 108 valence electrons. The fraction of sp³-hybridized carbons (Fsp3) is 0.400. The van der Waals surface area contributed by atoms with Gasteiger partial charge in [-0.25, -0.2) is 0 Å². The minimum Gasteiger partial charge on any atom is -0.485 e. The topological polar surface area (TPSA) is 47.3 Å². The number of aromatic nitrogens is 1. The summed E-state index contributed by atoms with van der Waals surface area (Å²) in [5, 5.41) is 7.75. The minimum absolute atomic E-state index is 0.360. The molecule has 2 aromatic rings.